The van der Waals surface area contributed by atoms with E-state index in [0.29, 0.717) is 6.61 Å². The third-order valence-electron chi connectivity index (χ3n) is 4.45. The third-order valence-corrected chi connectivity index (χ3v) is 4.45. The van der Waals surface area contributed by atoms with Crippen LogP contribution in [0.2, 0.25) is 0 Å². The number of aryl methyl sites for hydroxylation is 1. The fraction of sp³-hybridized carbons (Fsp3) is 0.850. The van der Waals surface area contributed by atoms with Gasteiger partial charge in [-0.15, -0.1) is 0 Å². The average Bonchev–Trinajstić information content (AvgIpc) is 2.99. The van der Waals surface area contributed by atoms with E-state index in [1.54, 1.807) is 0 Å². The van der Waals surface area contributed by atoms with Gasteiger partial charge in [-0.05, 0) is 13.3 Å². The molecule has 0 saturated heterocycles. The second-order valence-electron chi connectivity index (χ2n) is 6.58. The standard InChI is InChI=1S/C20H38N2O/c1-3-5-6-7-8-9-10-11-12-13-14-15-16-17-20-21-18-19-22(20)23-4-2/h18-19H,3-17H2,1-2H3. The molecule has 23 heavy (non-hydrogen) atoms. The molecule has 0 N–H and O–H groups in total. The van der Waals surface area contributed by atoms with Gasteiger partial charge in [0.25, 0.3) is 0 Å². The van der Waals surface area contributed by atoms with E-state index in [-0.39, 0.29) is 0 Å². The lowest BCUT2D eigenvalue weighted by atomic mass is 10.0. The van der Waals surface area contributed by atoms with Crippen LogP contribution in [0.5, 0.6) is 0 Å². The monoisotopic (exact) mass is 322 g/mol. The lowest BCUT2D eigenvalue weighted by Gasteiger charge is -2.07. The Balaban J connectivity index is 1.84. The number of aromatic nitrogens is 2. The molecule has 0 atom stereocenters. The zero-order chi connectivity index (χ0) is 16.6. The van der Waals surface area contributed by atoms with E-state index in [4.69, 9.17) is 4.84 Å². The highest BCUT2D eigenvalue weighted by molar-refractivity contribution is 4.89. The molecule has 0 radical (unpaired) electrons. The maximum atomic E-state index is 5.50. The minimum atomic E-state index is 0.696. The van der Waals surface area contributed by atoms with Crippen LogP contribution in [-0.2, 0) is 6.42 Å². The van der Waals surface area contributed by atoms with E-state index in [1.807, 2.05) is 24.0 Å². The molecule has 1 rings (SSSR count). The Morgan fingerprint density at radius 1 is 0.783 bits per heavy atom. The number of unbranched alkanes of at least 4 members (excludes halogenated alkanes) is 12. The highest BCUT2D eigenvalue weighted by Gasteiger charge is 2.02. The molecule has 0 unspecified atom stereocenters. The first-order valence-corrected chi connectivity index (χ1v) is 10.0. The van der Waals surface area contributed by atoms with Gasteiger partial charge in [0, 0.05) is 12.6 Å². The minimum absolute atomic E-state index is 0.696. The number of nitrogens with zero attached hydrogens (tertiary/aromatic N) is 2. The molecule has 0 aliphatic carbocycles. The SMILES string of the molecule is CCCCCCCCCCCCCCCc1nccn1OCC. The smallest absolute Gasteiger partial charge is 0.144 e. The van der Waals surface area contributed by atoms with E-state index in [2.05, 4.69) is 11.9 Å². The molecule has 0 saturated carbocycles. The number of hydrogen-bond donors (Lipinski definition) is 0. The molecular formula is C20H38N2O. The van der Waals surface area contributed by atoms with Gasteiger partial charge in [0.15, 0.2) is 0 Å². The Kier molecular flexibility index (Phi) is 12.7. The van der Waals surface area contributed by atoms with Crippen molar-refractivity contribution in [1.29, 1.82) is 0 Å². The zero-order valence-electron chi connectivity index (χ0n) is 15.6. The Bertz CT molecular complexity index is 362. The second-order valence-corrected chi connectivity index (χ2v) is 6.58. The molecule has 0 spiro atoms. The minimum Gasteiger partial charge on any atom is -0.413 e. The van der Waals surface area contributed by atoms with Crippen LogP contribution in [0.3, 0.4) is 0 Å². The third kappa shape index (κ3) is 10.4. The van der Waals surface area contributed by atoms with E-state index < -0.39 is 0 Å². The van der Waals surface area contributed by atoms with Gasteiger partial charge in [-0.2, -0.15) is 4.73 Å². The fourth-order valence-corrected chi connectivity index (χ4v) is 3.06. The summed E-state index contributed by atoms with van der Waals surface area (Å²) in [4.78, 5) is 9.86. The normalized spacial score (nSPS) is 11.0. The molecule has 1 aromatic heterocycles. The van der Waals surface area contributed by atoms with Gasteiger partial charge in [-0.3, -0.25) is 0 Å². The first-order chi connectivity index (χ1) is 11.4. The van der Waals surface area contributed by atoms with E-state index in [1.165, 1.54) is 83.5 Å². The highest BCUT2D eigenvalue weighted by Crippen LogP contribution is 2.13. The van der Waals surface area contributed by atoms with Gasteiger partial charge in [0.1, 0.15) is 12.4 Å². The Hall–Kier alpha value is -0.990. The second kappa shape index (κ2) is 14.6. The first kappa shape index (κ1) is 20.1. The predicted molar refractivity (Wildman–Crippen MR) is 98.7 cm³/mol. The molecule has 0 aromatic carbocycles. The quantitative estimate of drug-likeness (QED) is 0.351. The maximum Gasteiger partial charge on any atom is 0.144 e. The van der Waals surface area contributed by atoms with Gasteiger partial charge in [-0.25, -0.2) is 4.98 Å². The Morgan fingerprint density at radius 2 is 1.30 bits per heavy atom. The summed E-state index contributed by atoms with van der Waals surface area (Å²) < 4.78 is 1.82. The van der Waals surface area contributed by atoms with Crippen molar-refractivity contribution in [3.8, 4) is 0 Å². The molecule has 134 valence electrons. The number of rotatable bonds is 16. The summed E-state index contributed by atoms with van der Waals surface area (Å²) in [7, 11) is 0. The van der Waals surface area contributed by atoms with Crippen molar-refractivity contribution in [2.75, 3.05) is 6.61 Å². The van der Waals surface area contributed by atoms with Crippen LogP contribution in [0, 0.1) is 0 Å². The largest absolute Gasteiger partial charge is 0.413 e. The van der Waals surface area contributed by atoms with Crippen LogP contribution in [0.4, 0.5) is 0 Å². The van der Waals surface area contributed by atoms with E-state index >= 15 is 0 Å². The van der Waals surface area contributed by atoms with Crippen LogP contribution in [0.25, 0.3) is 0 Å². The Labute approximate surface area is 143 Å². The van der Waals surface area contributed by atoms with Crippen LogP contribution >= 0.6 is 0 Å². The van der Waals surface area contributed by atoms with Crippen molar-refractivity contribution in [3.05, 3.63) is 18.2 Å². The van der Waals surface area contributed by atoms with Crippen LogP contribution in [0.1, 0.15) is 103 Å². The summed E-state index contributed by atoms with van der Waals surface area (Å²) in [6.45, 7) is 4.99. The van der Waals surface area contributed by atoms with Crippen molar-refractivity contribution >= 4 is 0 Å². The summed E-state index contributed by atoms with van der Waals surface area (Å²) in [6.07, 6.45) is 22.9. The summed E-state index contributed by atoms with van der Waals surface area (Å²) >= 11 is 0. The lowest BCUT2D eigenvalue weighted by molar-refractivity contribution is 0.114. The molecule has 3 heteroatoms. The summed E-state index contributed by atoms with van der Waals surface area (Å²) in [5, 5.41) is 0. The van der Waals surface area contributed by atoms with Crippen LogP contribution < -0.4 is 4.84 Å². The number of hydrogen-bond acceptors (Lipinski definition) is 2. The van der Waals surface area contributed by atoms with Crippen LogP contribution in [-0.4, -0.2) is 16.3 Å². The zero-order valence-corrected chi connectivity index (χ0v) is 15.6. The van der Waals surface area contributed by atoms with Gasteiger partial charge >= 0.3 is 0 Å². The molecule has 0 aliphatic heterocycles. The van der Waals surface area contributed by atoms with Gasteiger partial charge in [0.2, 0.25) is 0 Å². The fourth-order valence-electron chi connectivity index (χ4n) is 3.06. The first-order valence-electron chi connectivity index (χ1n) is 10.0. The molecular weight excluding hydrogens is 284 g/mol. The summed E-state index contributed by atoms with van der Waals surface area (Å²) in [5.41, 5.74) is 0. The highest BCUT2D eigenvalue weighted by atomic mass is 16.7. The molecule has 1 heterocycles. The molecule has 0 bridgehead atoms. The van der Waals surface area contributed by atoms with Crippen molar-refractivity contribution in [2.45, 2.75) is 104 Å². The van der Waals surface area contributed by atoms with Crippen molar-refractivity contribution in [1.82, 2.24) is 9.71 Å². The summed E-state index contributed by atoms with van der Waals surface area (Å²) in [6, 6.07) is 0. The molecule has 0 aliphatic rings. The molecule has 3 nitrogen and oxygen atoms in total. The topological polar surface area (TPSA) is 27.1 Å². The predicted octanol–water partition coefficient (Wildman–Crippen LogP) is 5.97. The van der Waals surface area contributed by atoms with Gasteiger partial charge in [-0.1, -0.05) is 84.0 Å². The van der Waals surface area contributed by atoms with Crippen molar-refractivity contribution in [3.63, 3.8) is 0 Å². The Morgan fingerprint density at radius 3 is 1.83 bits per heavy atom. The van der Waals surface area contributed by atoms with Crippen molar-refractivity contribution in [2.24, 2.45) is 0 Å². The summed E-state index contributed by atoms with van der Waals surface area (Å²) in [5.74, 6) is 1.06. The van der Waals surface area contributed by atoms with E-state index in [9.17, 15) is 0 Å². The number of imidazole rings is 1. The molecule has 1 aromatic rings. The van der Waals surface area contributed by atoms with Crippen LogP contribution in [0.15, 0.2) is 12.4 Å². The lowest BCUT2D eigenvalue weighted by Crippen LogP contribution is -2.13. The van der Waals surface area contributed by atoms with Crippen molar-refractivity contribution < 1.29 is 4.84 Å². The van der Waals surface area contributed by atoms with Gasteiger partial charge < -0.3 is 4.84 Å². The van der Waals surface area contributed by atoms with Gasteiger partial charge in [0.05, 0.1) is 6.20 Å². The maximum absolute atomic E-state index is 5.50. The molecule has 0 fully saturated rings. The van der Waals surface area contributed by atoms with E-state index in [0.717, 1.165) is 12.2 Å². The average molecular weight is 323 g/mol. The molecule has 0 amide bonds.